The van der Waals surface area contributed by atoms with Crippen LogP contribution in [-0.4, -0.2) is 30.9 Å². The Bertz CT molecular complexity index is 954. The lowest BCUT2D eigenvalue weighted by Crippen LogP contribution is -2.23. The van der Waals surface area contributed by atoms with Crippen LogP contribution in [0.25, 0.3) is 0 Å². The zero-order valence-electron chi connectivity index (χ0n) is 15.8. The molecule has 142 valence electrons. The second-order valence-electron chi connectivity index (χ2n) is 6.53. The zero-order chi connectivity index (χ0) is 19.9. The highest BCUT2D eigenvalue weighted by molar-refractivity contribution is 6.05. The van der Waals surface area contributed by atoms with Crippen molar-refractivity contribution >= 4 is 23.2 Å². The molecule has 2 N–H and O–H groups in total. The van der Waals surface area contributed by atoms with E-state index in [1.54, 1.807) is 0 Å². The molecule has 0 bridgehead atoms. The molecular weight excluding hydrogens is 352 g/mol. The van der Waals surface area contributed by atoms with Crippen LogP contribution in [0.2, 0.25) is 0 Å². The monoisotopic (exact) mass is 374 g/mol. The summed E-state index contributed by atoms with van der Waals surface area (Å²) in [6.45, 7) is 0.411. The molecule has 0 unspecified atom stereocenters. The summed E-state index contributed by atoms with van der Waals surface area (Å²) < 4.78 is 0. The SMILES string of the molecule is CN(C)c1ccc(NC(=O)c2cncc(C(=O)NCc3ccccc3)c2)cc1. The number of amides is 2. The highest BCUT2D eigenvalue weighted by Gasteiger charge is 2.12. The standard InChI is InChI=1S/C22H22N4O2/c1-26(2)20-10-8-19(9-11-20)25-22(28)18-12-17(14-23-15-18)21(27)24-13-16-6-4-3-5-7-16/h3-12,14-15H,13H2,1-2H3,(H,24,27)(H,25,28). The molecule has 0 aliphatic rings. The lowest BCUT2D eigenvalue weighted by Gasteiger charge is -2.13. The van der Waals surface area contributed by atoms with Crippen LogP contribution in [0.4, 0.5) is 11.4 Å². The average molecular weight is 374 g/mol. The van der Waals surface area contributed by atoms with E-state index in [2.05, 4.69) is 15.6 Å². The van der Waals surface area contributed by atoms with Crippen molar-refractivity contribution in [2.24, 2.45) is 0 Å². The number of benzene rings is 2. The summed E-state index contributed by atoms with van der Waals surface area (Å²) in [6.07, 6.45) is 2.89. The number of hydrogen-bond acceptors (Lipinski definition) is 4. The van der Waals surface area contributed by atoms with Crippen molar-refractivity contribution in [3.05, 3.63) is 89.7 Å². The van der Waals surface area contributed by atoms with Gasteiger partial charge in [0.1, 0.15) is 0 Å². The van der Waals surface area contributed by atoms with Crippen molar-refractivity contribution in [3.63, 3.8) is 0 Å². The molecule has 0 aliphatic heterocycles. The molecular formula is C22H22N4O2. The zero-order valence-corrected chi connectivity index (χ0v) is 15.8. The molecule has 0 spiro atoms. The van der Waals surface area contributed by atoms with Crippen LogP contribution >= 0.6 is 0 Å². The van der Waals surface area contributed by atoms with Crippen molar-refractivity contribution in [1.29, 1.82) is 0 Å². The molecule has 0 fully saturated rings. The Morgan fingerprint density at radius 1 is 0.893 bits per heavy atom. The van der Waals surface area contributed by atoms with Gasteiger partial charge in [-0.15, -0.1) is 0 Å². The maximum absolute atomic E-state index is 12.5. The minimum atomic E-state index is -0.317. The summed E-state index contributed by atoms with van der Waals surface area (Å²) in [7, 11) is 3.90. The minimum absolute atomic E-state index is 0.277. The highest BCUT2D eigenvalue weighted by Crippen LogP contribution is 2.16. The molecule has 3 rings (SSSR count). The lowest BCUT2D eigenvalue weighted by atomic mass is 10.1. The number of rotatable bonds is 6. The van der Waals surface area contributed by atoms with Crippen LogP contribution in [-0.2, 0) is 6.54 Å². The Morgan fingerprint density at radius 2 is 1.54 bits per heavy atom. The predicted molar refractivity (Wildman–Crippen MR) is 111 cm³/mol. The topological polar surface area (TPSA) is 74.3 Å². The fourth-order valence-corrected chi connectivity index (χ4v) is 2.61. The molecule has 2 aromatic carbocycles. The third-order valence-corrected chi connectivity index (χ3v) is 4.20. The Labute approximate surface area is 164 Å². The van der Waals surface area contributed by atoms with Gasteiger partial charge in [0.25, 0.3) is 11.8 Å². The molecule has 6 heteroatoms. The van der Waals surface area contributed by atoms with Gasteiger partial charge in [0.05, 0.1) is 11.1 Å². The van der Waals surface area contributed by atoms with E-state index in [4.69, 9.17) is 0 Å². The van der Waals surface area contributed by atoms with Crippen molar-refractivity contribution in [2.75, 3.05) is 24.3 Å². The van der Waals surface area contributed by atoms with Gasteiger partial charge >= 0.3 is 0 Å². The maximum Gasteiger partial charge on any atom is 0.257 e. The molecule has 3 aromatic rings. The molecule has 1 aromatic heterocycles. The normalized spacial score (nSPS) is 10.2. The van der Waals surface area contributed by atoms with E-state index in [1.807, 2.05) is 73.6 Å². The Morgan fingerprint density at radius 3 is 2.18 bits per heavy atom. The second kappa shape index (κ2) is 8.81. The molecule has 0 saturated heterocycles. The smallest absolute Gasteiger partial charge is 0.257 e. The summed E-state index contributed by atoms with van der Waals surface area (Å²) in [5.41, 5.74) is 3.38. The highest BCUT2D eigenvalue weighted by atomic mass is 16.2. The second-order valence-corrected chi connectivity index (χ2v) is 6.53. The molecule has 0 radical (unpaired) electrons. The van der Waals surface area contributed by atoms with E-state index < -0.39 is 0 Å². The van der Waals surface area contributed by atoms with E-state index in [1.165, 1.54) is 18.5 Å². The summed E-state index contributed by atoms with van der Waals surface area (Å²) in [5, 5.41) is 5.65. The van der Waals surface area contributed by atoms with E-state index >= 15 is 0 Å². The van der Waals surface area contributed by atoms with E-state index in [9.17, 15) is 9.59 Å². The largest absolute Gasteiger partial charge is 0.378 e. The van der Waals surface area contributed by atoms with Gasteiger partial charge in [-0.2, -0.15) is 0 Å². The van der Waals surface area contributed by atoms with E-state index in [0.717, 1.165) is 11.3 Å². The van der Waals surface area contributed by atoms with Crippen molar-refractivity contribution in [1.82, 2.24) is 10.3 Å². The summed E-state index contributed by atoms with van der Waals surface area (Å²) in [5.74, 6) is -0.593. The molecule has 0 atom stereocenters. The van der Waals surface area contributed by atoms with Crippen LogP contribution < -0.4 is 15.5 Å². The quantitative estimate of drug-likeness (QED) is 0.694. The molecule has 2 amide bonds. The number of anilines is 2. The summed E-state index contributed by atoms with van der Waals surface area (Å²) in [6, 6.07) is 18.7. The Balaban J connectivity index is 1.64. The number of carbonyl (C=O) groups is 2. The van der Waals surface area contributed by atoms with Gasteiger partial charge in [0.2, 0.25) is 0 Å². The van der Waals surface area contributed by atoms with Crippen molar-refractivity contribution in [2.45, 2.75) is 6.54 Å². The van der Waals surface area contributed by atoms with Gasteiger partial charge < -0.3 is 15.5 Å². The maximum atomic E-state index is 12.5. The minimum Gasteiger partial charge on any atom is -0.378 e. The van der Waals surface area contributed by atoms with E-state index in [0.29, 0.717) is 23.4 Å². The van der Waals surface area contributed by atoms with Gasteiger partial charge in [0.15, 0.2) is 0 Å². The summed E-state index contributed by atoms with van der Waals surface area (Å²) >= 11 is 0. The van der Waals surface area contributed by atoms with E-state index in [-0.39, 0.29) is 11.8 Å². The fourth-order valence-electron chi connectivity index (χ4n) is 2.61. The summed E-state index contributed by atoms with van der Waals surface area (Å²) in [4.78, 5) is 30.9. The predicted octanol–water partition coefficient (Wildman–Crippen LogP) is 3.33. The van der Waals surface area contributed by atoms with Crippen LogP contribution in [0.3, 0.4) is 0 Å². The molecule has 0 aliphatic carbocycles. The Hall–Kier alpha value is -3.67. The number of nitrogens with zero attached hydrogens (tertiary/aromatic N) is 2. The number of nitrogens with one attached hydrogen (secondary N) is 2. The number of aromatic nitrogens is 1. The first-order chi connectivity index (χ1) is 13.5. The molecule has 6 nitrogen and oxygen atoms in total. The molecule has 0 saturated carbocycles. The van der Waals surface area contributed by atoms with Crippen molar-refractivity contribution < 1.29 is 9.59 Å². The molecule has 1 heterocycles. The Kier molecular flexibility index (Phi) is 6.01. The number of pyridine rings is 1. The third-order valence-electron chi connectivity index (χ3n) is 4.20. The first kappa shape index (κ1) is 19.1. The van der Waals surface area contributed by atoms with Crippen LogP contribution in [0.5, 0.6) is 0 Å². The van der Waals surface area contributed by atoms with Gasteiger partial charge in [0, 0.05) is 44.4 Å². The van der Waals surface area contributed by atoms with Gasteiger partial charge in [-0.25, -0.2) is 0 Å². The lowest BCUT2D eigenvalue weighted by molar-refractivity contribution is 0.0950. The van der Waals surface area contributed by atoms with Crippen LogP contribution in [0, 0.1) is 0 Å². The van der Waals surface area contributed by atoms with Crippen LogP contribution in [0.15, 0.2) is 73.1 Å². The first-order valence-corrected chi connectivity index (χ1v) is 8.89. The first-order valence-electron chi connectivity index (χ1n) is 8.89. The average Bonchev–Trinajstić information content (AvgIpc) is 2.73. The fraction of sp³-hybridized carbons (Fsp3) is 0.136. The number of carbonyl (C=O) groups excluding carboxylic acids is 2. The van der Waals surface area contributed by atoms with Gasteiger partial charge in [-0.3, -0.25) is 14.6 Å². The third kappa shape index (κ3) is 4.94. The van der Waals surface area contributed by atoms with Gasteiger partial charge in [-0.05, 0) is 35.9 Å². The van der Waals surface area contributed by atoms with Crippen LogP contribution in [0.1, 0.15) is 26.3 Å². The number of hydrogen-bond donors (Lipinski definition) is 2. The van der Waals surface area contributed by atoms with Crippen molar-refractivity contribution in [3.8, 4) is 0 Å². The molecule has 28 heavy (non-hydrogen) atoms. The van der Waals surface area contributed by atoms with Gasteiger partial charge in [-0.1, -0.05) is 30.3 Å².